The van der Waals surface area contributed by atoms with Crippen molar-refractivity contribution < 1.29 is 9.53 Å². The number of amidine groups is 1. The third-order valence-corrected chi connectivity index (χ3v) is 5.54. The van der Waals surface area contributed by atoms with Crippen molar-refractivity contribution in [3.8, 4) is 5.75 Å². The molecule has 2 aromatic heterocycles. The van der Waals surface area contributed by atoms with Crippen LogP contribution in [0.2, 0.25) is 0 Å². The van der Waals surface area contributed by atoms with Gasteiger partial charge in [0.25, 0.3) is 5.91 Å². The van der Waals surface area contributed by atoms with Gasteiger partial charge in [-0.3, -0.25) is 9.69 Å². The molecule has 0 aliphatic carbocycles. The Morgan fingerprint density at radius 2 is 2.15 bits per heavy atom. The Bertz CT molecular complexity index is 1040. The van der Waals surface area contributed by atoms with Crippen LogP contribution in [-0.2, 0) is 4.79 Å². The van der Waals surface area contributed by atoms with Crippen LogP contribution in [0.25, 0.3) is 17.0 Å². The number of nitrogens with zero attached hydrogens (tertiary/aromatic N) is 4. The fourth-order valence-corrected chi connectivity index (χ4v) is 3.98. The number of pyridine rings is 1. The van der Waals surface area contributed by atoms with Crippen molar-refractivity contribution in [3.05, 3.63) is 52.5 Å². The van der Waals surface area contributed by atoms with Crippen molar-refractivity contribution in [2.24, 2.45) is 4.99 Å². The standard InChI is InChI=1S/C18H14N4O2S2/c1-22-16(23)15(26-18(22)21-17-19-7-8-25-17)10-12-4-3-11-9-13(24-2)5-6-14(11)20-12/h3-10H,1-2H3/b15-10-,21-18+. The summed E-state index contributed by atoms with van der Waals surface area (Å²) in [7, 11) is 3.35. The Balaban J connectivity index is 1.65. The number of ether oxygens (including phenoxy) is 1. The number of hydrogen-bond acceptors (Lipinski definition) is 7. The van der Waals surface area contributed by atoms with Crippen molar-refractivity contribution >= 4 is 56.3 Å². The van der Waals surface area contributed by atoms with Gasteiger partial charge in [-0.15, -0.1) is 11.3 Å². The molecule has 1 aliphatic heterocycles. The maximum Gasteiger partial charge on any atom is 0.266 e. The van der Waals surface area contributed by atoms with E-state index >= 15 is 0 Å². The number of aromatic nitrogens is 2. The first-order valence-electron chi connectivity index (χ1n) is 7.74. The maximum absolute atomic E-state index is 12.5. The van der Waals surface area contributed by atoms with Gasteiger partial charge in [0.1, 0.15) is 5.75 Å². The molecule has 0 atom stereocenters. The van der Waals surface area contributed by atoms with E-state index in [0.29, 0.717) is 15.2 Å². The summed E-state index contributed by atoms with van der Waals surface area (Å²) in [4.78, 5) is 27.8. The quantitative estimate of drug-likeness (QED) is 0.642. The molecular formula is C18H14N4O2S2. The first kappa shape index (κ1) is 16.7. The molecule has 130 valence electrons. The summed E-state index contributed by atoms with van der Waals surface area (Å²) in [5.41, 5.74) is 1.57. The van der Waals surface area contributed by atoms with E-state index in [4.69, 9.17) is 4.74 Å². The van der Waals surface area contributed by atoms with Crippen molar-refractivity contribution in [1.29, 1.82) is 0 Å². The molecule has 6 nitrogen and oxygen atoms in total. The highest BCUT2D eigenvalue weighted by Crippen LogP contribution is 2.33. The summed E-state index contributed by atoms with van der Waals surface area (Å²) < 4.78 is 5.23. The van der Waals surface area contributed by atoms with E-state index in [1.807, 2.05) is 35.7 Å². The number of aliphatic imine (C=N–C) groups is 1. The SMILES string of the molecule is COc1ccc2nc(/C=C3\S/C(=N/c4nccs4)N(C)C3=O)ccc2c1. The molecule has 26 heavy (non-hydrogen) atoms. The first-order valence-corrected chi connectivity index (χ1v) is 9.44. The van der Waals surface area contributed by atoms with Crippen LogP contribution in [0.1, 0.15) is 5.69 Å². The molecule has 1 aromatic carbocycles. The number of rotatable bonds is 3. The largest absolute Gasteiger partial charge is 0.497 e. The van der Waals surface area contributed by atoms with Gasteiger partial charge in [-0.2, -0.15) is 4.99 Å². The summed E-state index contributed by atoms with van der Waals surface area (Å²) >= 11 is 2.76. The lowest BCUT2D eigenvalue weighted by atomic mass is 10.2. The molecule has 0 unspecified atom stereocenters. The lowest BCUT2D eigenvalue weighted by molar-refractivity contribution is -0.121. The molecular weight excluding hydrogens is 368 g/mol. The van der Waals surface area contributed by atoms with Crippen LogP contribution in [0, 0.1) is 0 Å². The van der Waals surface area contributed by atoms with E-state index in [0.717, 1.165) is 22.3 Å². The highest BCUT2D eigenvalue weighted by atomic mass is 32.2. The molecule has 8 heteroatoms. The van der Waals surface area contributed by atoms with E-state index in [-0.39, 0.29) is 5.91 Å². The summed E-state index contributed by atoms with van der Waals surface area (Å²) in [6.07, 6.45) is 3.48. The third-order valence-electron chi connectivity index (χ3n) is 3.81. The highest BCUT2D eigenvalue weighted by Gasteiger charge is 2.30. The monoisotopic (exact) mass is 382 g/mol. The molecule has 0 spiro atoms. The lowest BCUT2D eigenvalue weighted by Gasteiger charge is -2.05. The number of amides is 1. The van der Waals surface area contributed by atoms with E-state index in [9.17, 15) is 4.79 Å². The second-order valence-corrected chi connectivity index (χ2v) is 7.36. The minimum absolute atomic E-state index is 0.0954. The maximum atomic E-state index is 12.5. The second-order valence-electron chi connectivity index (χ2n) is 5.48. The average Bonchev–Trinajstić information content (AvgIpc) is 3.26. The molecule has 3 heterocycles. The average molecular weight is 382 g/mol. The third kappa shape index (κ3) is 3.21. The molecule has 1 saturated heterocycles. The number of hydrogen-bond donors (Lipinski definition) is 0. The van der Waals surface area contributed by atoms with Gasteiger partial charge in [0.15, 0.2) is 5.17 Å². The van der Waals surface area contributed by atoms with Gasteiger partial charge in [-0.1, -0.05) is 6.07 Å². The number of carbonyl (C=O) groups is 1. The highest BCUT2D eigenvalue weighted by molar-refractivity contribution is 8.18. The molecule has 1 aliphatic rings. The van der Waals surface area contributed by atoms with Crippen LogP contribution in [0.15, 0.2) is 51.8 Å². The Hall–Kier alpha value is -2.71. The molecule has 0 saturated carbocycles. The Morgan fingerprint density at radius 3 is 2.92 bits per heavy atom. The number of likely N-dealkylation sites (N-methyl/N-ethyl adjacent to an activating group) is 1. The van der Waals surface area contributed by atoms with Gasteiger partial charge in [0.05, 0.1) is 23.2 Å². The molecule has 0 bridgehead atoms. The molecule has 0 radical (unpaired) electrons. The van der Waals surface area contributed by atoms with Crippen molar-refractivity contribution in [1.82, 2.24) is 14.9 Å². The first-order chi connectivity index (χ1) is 12.6. The second kappa shape index (κ2) is 6.89. The van der Waals surface area contributed by atoms with Crippen LogP contribution in [0.5, 0.6) is 5.75 Å². The normalized spacial score (nSPS) is 17.6. The van der Waals surface area contributed by atoms with Crippen LogP contribution in [0.3, 0.4) is 0 Å². The number of fused-ring (bicyclic) bond motifs is 1. The molecule has 1 amide bonds. The molecule has 1 fully saturated rings. The van der Waals surface area contributed by atoms with E-state index in [2.05, 4.69) is 15.0 Å². The van der Waals surface area contributed by atoms with Gasteiger partial charge in [0, 0.05) is 24.0 Å². The minimum atomic E-state index is -0.0954. The predicted molar refractivity (Wildman–Crippen MR) is 106 cm³/mol. The minimum Gasteiger partial charge on any atom is -0.497 e. The van der Waals surface area contributed by atoms with Gasteiger partial charge in [0.2, 0.25) is 5.13 Å². The van der Waals surface area contributed by atoms with Crippen LogP contribution >= 0.6 is 23.1 Å². The number of carbonyl (C=O) groups excluding carboxylic acids is 1. The topological polar surface area (TPSA) is 67.7 Å². The van der Waals surface area contributed by atoms with Gasteiger partial charge in [-0.05, 0) is 42.1 Å². The molecule has 3 aromatic rings. The molecule has 0 N–H and O–H groups in total. The summed E-state index contributed by atoms with van der Waals surface area (Å²) in [5, 5.41) is 4.08. The van der Waals surface area contributed by atoms with Crippen molar-refractivity contribution in [3.63, 3.8) is 0 Å². The number of benzene rings is 1. The summed E-state index contributed by atoms with van der Waals surface area (Å²) in [6, 6.07) is 9.56. The Kier molecular flexibility index (Phi) is 4.44. The number of thiazole rings is 1. The van der Waals surface area contributed by atoms with E-state index in [1.165, 1.54) is 28.0 Å². The van der Waals surface area contributed by atoms with E-state index in [1.54, 1.807) is 26.4 Å². The fraction of sp³-hybridized carbons (Fsp3) is 0.111. The predicted octanol–water partition coefficient (Wildman–Crippen LogP) is 3.93. The zero-order valence-corrected chi connectivity index (χ0v) is 15.7. The summed E-state index contributed by atoms with van der Waals surface area (Å²) in [5.74, 6) is 0.693. The summed E-state index contributed by atoms with van der Waals surface area (Å²) in [6.45, 7) is 0. The van der Waals surface area contributed by atoms with Gasteiger partial charge in [-0.25, -0.2) is 9.97 Å². The van der Waals surface area contributed by atoms with Crippen LogP contribution in [0.4, 0.5) is 5.13 Å². The fourth-order valence-electron chi connectivity index (χ4n) is 2.47. The van der Waals surface area contributed by atoms with Crippen molar-refractivity contribution in [2.45, 2.75) is 0 Å². The van der Waals surface area contributed by atoms with Crippen LogP contribution < -0.4 is 4.74 Å². The smallest absolute Gasteiger partial charge is 0.266 e. The Morgan fingerprint density at radius 1 is 1.27 bits per heavy atom. The van der Waals surface area contributed by atoms with Gasteiger partial charge >= 0.3 is 0 Å². The zero-order valence-electron chi connectivity index (χ0n) is 14.0. The molecule has 4 rings (SSSR count). The number of methoxy groups -OCH3 is 1. The van der Waals surface area contributed by atoms with Crippen molar-refractivity contribution in [2.75, 3.05) is 14.2 Å². The number of thioether (sulfide) groups is 1. The zero-order chi connectivity index (χ0) is 18.1. The van der Waals surface area contributed by atoms with Gasteiger partial charge < -0.3 is 4.74 Å². The van der Waals surface area contributed by atoms with Crippen LogP contribution in [-0.4, -0.2) is 40.1 Å². The lowest BCUT2D eigenvalue weighted by Crippen LogP contribution is -2.23. The van der Waals surface area contributed by atoms with E-state index < -0.39 is 0 Å². The Labute approximate surface area is 158 Å².